The fraction of sp³-hybridized carbons (Fsp3) is 0.300. The van der Waals surface area contributed by atoms with Crippen LogP contribution in [0, 0.1) is 0 Å². The van der Waals surface area contributed by atoms with Crippen LogP contribution in [-0.2, 0) is 4.74 Å². The molecule has 0 amide bonds. The van der Waals surface area contributed by atoms with Crippen LogP contribution in [0.3, 0.4) is 0 Å². The summed E-state index contributed by atoms with van der Waals surface area (Å²) in [6.45, 7) is -0.284. The summed E-state index contributed by atoms with van der Waals surface area (Å²) in [5, 5.41) is 8.95. The summed E-state index contributed by atoms with van der Waals surface area (Å²) < 4.78 is 20.4. The minimum Gasteiger partial charge on any atom is -0.393 e. The van der Waals surface area contributed by atoms with Gasteiger partial charge in [0.25, 0.3) is 0 Å². The molecule has 0 radical (unpaired) electrons. The van der Waals surface area contributed by atoms with E-state index in [9.17, 15) is 4.39 Å². The van der Waals surface area contributed by atoms with Gasteiger partial charge in [-0.05, 0) is 6.08 Å². The second kappa shape index (κ2) is 4.00. The first-order valence-corrected chi connectivity index (χ1v) is 5.27. The van der Waals surface area contributed by atoms with Crippen molar-refractivity contribution in [1.29, 1.82) is 0 Å². The molecule has 0 aliphatic carbocycles. The van der Waals surface area contributed by atoms with Crippen LogP contribution in [0.2, 0.25) is 0 Å². The second-order valence-electron chi connectivity index (χ2n) is 3.84. The van der Waals surface area contributed by atoms with Gasteiger partial charge in [0.1, 0.15) is 23.8 Å². The monoisotopic (exact) mass is 251 g/mol. The Kier molecular flexibility index (Phi) is 2.46. The van der Waals surface area contributed by atoms with Crippen LogP contribution in [0.25, 0.3) is 11.2 Å². The summed E-state index contributed by atoms with van der Waals surface area (Å²) in [4.78, 5) is 11.8. The lowest BCUT2D eigenvalue weighted by Crippen LogP contribution is -2.16. The summed E-state index contributed by atoms with van der Waals surface area (Å²) in [5.74, 6) is -0.273. The van der Waals surface area contributed by atoms with Crippen LogP contribution < -0.4 is 5.73 Å². The highest BCUT2D eigenvalue weighted by Gasteiger charge is 2.30. The highest BCUT2D eigenvalue weighted by atomic mass is 19.1. The van der Waals surface area contributed by atoms with Crippen molar-refractivity contribution < 1.29 is 14.2 Å². The molecule has 18 heavy (non-hydrogen) atoms. The molecule has 8 heteroatoms. The number of aliphatic hydroxyl groups excluding tert-OH is 1. The number of halogens is 1. The molecule has 0 fully saturated rings. The number of fused-ring (bicyclic) bond motifs is 1. The molecule has 3 heterocycles. The number of nitrogen functional groups attached to an aromatic ring is 1. The molecule has 0 spiro atoms. The Labute approximate surface area is 101 Å². The summed E-state index contributed by atoms with van der Waals surface area (Å²) in [6, 6.07) is 0. The zero-order chi connectivity index (χ0) is 12.7. The molecule has 1 aliphatic rings. The summed E-state index contributed by atoms with van der Waals surface area (Å²) in [5.41, 5.74) is 6.41. The van der Waals surface area contributed by atoms with Crippen LogP contribution in [0.1, 0.15) is 6.23 Å². The first-order valence-electron chi connectivity index (χ1n) is 5.27. The average molecular weight is 251 g/mol. The van der Waals surface area contributed by atoms with Gasteiger partial charge in [-0.2, -0.15) is 0 Å². The molecule has 2 aromatic heterocycles. The van der Waals surface area contributed by atoms with Gasteiger partial charge in [0.05, 0.1) is 12.9 Å². The first-order chi connectivity index (χ1) is 8.70. The molecule has 1 aliphatic heterocycles. The number of nitrogens with zero attached hydrogens (tertiary/aromatic N) is 4. The number of hydrogen-bond acceptors (Lipinski definition) is 6. The maximum Gasteiger partial charge on any atom is 0.189 e. The van der Waals surface area contributed by atoms with Crippen LogP contribution in [0.4, 0.5) is 10.2 Å². The molecule has 0 aromatic carbocycles. The van der Waals surface area contributed by atoms with Crippen molar-refractivity contribution in [2.45, 2.75) is 12.3 Å². The van der Waals surface area contributed by atoms with Crippen LogP contribution in [0.15, 0.2) is 24.6 Å². The average Bonchev–Trinajstić information content (AvgIpc) is 2.93. The molecule has 0 saturated heterocycles. The van der Waals surface area contributed by atoms with Gasteiger partial charge in [-0.15, -0.1) is 0 Å². The third-order valence-corrected chi connectivity index (χ3v) is 2.70. The van der Waals surface area contributed by atoms with Crippen molar-refractivity contribution in [3.8, 4) is 0 Å². The number of hydrogen-bond donors (Lipinski definition) is 2. The lowest BCUT2D eigenvalue weighted by Gasteiger charge is -2.14. The third-order valence-electron chi connectivity index (χ3n) is 2.70. The highest BCUT2D eigenvalue weighted by molar-refractivity contribution is 5.81. The number of rotatable bonds is 2. The topological polar surface area (TPSA) is 99.1 Å². The third kappa shape index (κ3) is 1.54. The Bertz CT molecular complexity index is 626. The highest BCUT2D eigenvalue weighted by Crippen LogP contribution is 2.32. The molecule has 2 aromatic rings. The molecule has 3 N–H and O–H groups in total. The standard InChI is InChI=1S/C10H10FN5O2/c11-6-1-5(2-17)18-10(6)16-4-15-7-8(12)13-3-14-9(7)16/h1,3-5,10,17H,2H2,(H2,12,13,14)/t5-,10+/m1/s1. The van der Waals surface area contributed by atoms with E-state index in [0.717, 1.165) is 0 Å². The van der Waals surface area contributed by atoms with Crippen molar-refractivity contribution in [1.82, 2.24) is 19.5 Å². The van der Waals surface area contributed by atoms with E-state index in [2.05, 4.69) is 15.0 Å². The van der Waals surface area contributed by atoms with Gasteiger partial charge >= 0.3 is 0 Å². The van der Waals surface area contributed by atoms with Crippen LogP contribution in [0.5, 0.6) is 0 Å². The molecule has 2 atom stereocenters. The largest absolute Gasteiger partial charge is 0.393 e. The number of aromatic nitrogens is 4. The molecule has 3 rings (SSSR count). The zero-order valence-electron chi connectivity index (χ0n) is 9.19. The number of anilines is 1. The predicted molar refractivity (Wildman–Crippen MR) is 59.9 cm³/mol. The Balaban J connectivity index is 2.06. The number of ether oxygens (including phenoxy) is 1. The Hall–Kier alpha value is -2.06. The lowest BCUT2D eigenvalue weighted by atomic mass is 10.3. The number of aliphatic hydroxyl groups is 1. The Morgan fingerprint density at radius 1 is 1.44 bits per heavy atom. The van der Waals surface area contributed by atoms with Gasteiger partial charge in [0.15, 0.2) is 17.7 Å². The van der Waals surface area contributed by atoms with Gasteiger partial charge < -0.3 is 15.6 Å². The molecule has 0 bridgehead atoms. The fourth-order valence-electron chi connectivity index (χ4n) is 1.87. The van der Waals surface area contributed by atoms with E-state index in [1.165, 1.54) is 23.3 Å². The smallest absolute Gasteiger partial charge is 0.189 e. The van der Waals surface area contributed by atoms with E-state index in [1.54, 1.807) is 0 Å². The van der Waals surface area contributed by atoms with Gasteiger partial charge in [0, 0.05) is 0 Å². The van der Waals surface area contributed by atoms with E-state index in [1.807, 2.05) is 0 Å². The SMILES string of the molecule is Nc1ncnc2c1ncn2[C@H]1O[C@@H](CO)C=C1F. The molecule has 0 unspecified atom stereocenters. The van der Waals surface area contributed by atoms with E-state index in [-0.39, 0.29) is 12.4 Å². The lowest BCUT2D eigenvalue weighted by molar-refractivity contribution is -0.0174. The fourth-order valence-corrected chi connectivity index (χ4v) is 1.87. The van der Waals surface area contributed by atoms with Crippen molar-refractivity contribution in [2.75, 3.05) is 12.3 Å². The van der Waals surface area contributed by atoms with Crippen LogP contribution >= 0.6 is 0 Å². The van der Waals surface area contributed by atoms with Crippen LogP contribution in [-0.4, -0.2) is 37.3 Å². The van der Waals surface area contributed by atoms with Crippen molar-refractivity contribution in [2.24, 2.45) is 0 Å². The quantitative estimate of drug-likeness (QED) is 0.788. The van der Waals surface area contributed by atoms with E-state index in [4.69, 9.17) is 15.6 Å². The Morgan fingerprint density at radius 3 is 3.00 bits per heavy atom. The van der Waals surface area contributed by atoms with Crippen molar-refractivity contribution >= 4 is 17.0 Å². The summed E-state index contributed by atoms with van der Waals surface area (Å²) >= 11 is 0. The van der Waals surface area contributed by atoms with Gasteiger partial charge in [-0.3, -0.25) is 4.57 Å². The zero-order valence-corrected chi connectivity index (χ0v) is 9.19. The normalized spacial score (nSPS) is 23.6. The van der Waals surface area contributed by atoms with Crippen molar-refractivity contribution in [3.05, 3.63) is 24.6 Å². The summed E-state index contributed by atoms with van der Waals surface area (Å²) in [6.07, 6.45) is 2.25. The molecular weight excluding hydrogens is 241 g/mol. The first kappa shape index (κ1) is 11.1. The van der Waals surface area contributed by atoms with Crippen molar-refractivity contribution in [3.63, 3.8) is 0 Å². The minimum absolute atomic E-state index is 0.222. The maximum atomic E-state index is 13.7. The molecule has 0 saturated carbocycles. The Morgan fingerprint density at radius 2 is 2.28 bits per heavy atom. The number of nitrogens with two attached hydrogens (primary N) is 1. The van der Waals surface area contributed by atoms with Gasteiger partial charge in [-0.25, -0.2) is 19.3 Å². The minimum atomic E-state index is -0.971. The van der Waals surface area contributed by atoms with Gasteiger partial charge in [-0.1, -0.05) is 0 Å². The van der Waals surface area contributed by atoms with E-state index in [0.29, 0.717) is 11.2 Å². The second-order valence-corrected chi connectivity index (χ2v) is 3.84. The van der Waals surface area contributed by atoms with E-state index >= 15 is 0 Å². The molecule has 94 valence electrons. The predicted octanol–water partition coefficient (Wildman–Crippen LogP) is 0.152. The maximum absolute atomic E-state index is 13.7. The number of imidazole rings is 1. The summed E-state index contributed by atoms with van der Waals surface area (Å²) in [7, 11) is 0. The van der Waals surface area contributed by atoms with Gasteiger partial charge in [0.2, 0.25) is 0 Å². The molecular formula is C10H10FN5O2. The van der Waals surface area contributed by atoms with E-state index < -0.39 is 18.2 Å². The molecule has 7 nitrogen and oxygen atoms in total.